The largest absolute Gasteiger partial charge is 0.394 e. The van der Waals surface area contributed by atoms with Gasteiger partial charge in [-0.25, -0.2) is 0 Å². The van der Waals surface area contributed by atoms with Gasteiger partial charge in [0, 0.05) is 6.61 Å². The fourth-order valence-corrected chi connectivity index (χ4v) is 4.38. The summed E-state index contributed by atoms with van der Waals surface area (Å²) in [6.07, 6.45) is 23.3. The van der Waals surface area contributed by atoms with Crippen molar-refractivity contribution in [3.8, 4) is 0 Å². The van der Waals surface area contributed by atoms with Gasteiger partial charge in [-0.15, -0.1) is 0 Å². The molecule has 46 heavy (non-hydrogen) atoms. The fourth-order valence-electron chi connectivity index (χ4n) is 4.38. The number of rotatable bonds is 42. The number of hydrogen-bond donors (Lipinski definition) is 1. The first kappa shape index (κ1) is 45.3. The minimum Gasteiger partial charge on any atom is -0.394 e. The molecule has 0 rings (SSSR count). The van der Waals surface area contributed by atoms with Crippen LogP contribution < -0.4 is 0 Å². The van der Waals surface area contributed by atoms with Gasteiger partial charge in [0.15, 0.2) is 0 Å². The van der Waals surface area contributed by atoms with Crippen molar-refractivity contribution in [3.63, 3.8) is 0 Å². The van der Waals surface area contributed by atoms with Gasteiger partial charge < -0.3 is 47.7 Å². The van der Waals surface area contributed by atoms with Crippen LogP contribution in [0.15, 0.2) is 12.2 Å². The first-order valence-electron chi connectivity index (χ1n) is 18.4. The van der Waals surface area contributed by atoms with E-state index in [1.807, 2.05) is 0 Å². The molecule has 0 bridgehead atoms. The van der Waals surface area contributed by atoms with Crippen molar-refractivity contribution in [1.29, 1.82) is 0 Å². The van der Waals surface area contributed by atoms with Crippen LogP contribution in [-0.2, 0) is 42.6 Å². The van der Waals surface area contributed by atoms with Crippen molar-refractivity contribution in [3.05, 3.63) is 12.2 Å². The normalized spacial score (nSPS) is 11.8. The quantitative estimate of drug-likeness (QED) is 0.0603. The zero-order valence-electron chi connectivity index (χ0n) is 29.6. The predicted molar refractivity (Wildman–Crippen MR) is 184 cm³/mol. The highest BCUT2D eigenvalue weighted by atomic mass is 16.6. The van der Waals surface area contributed by atoms with Crippen LogP contribution in [0.3, 0.4) is 0 Å². The van der Waals surface area contributed by atoms with E-state index >= 15 is 0 Å². The highest BCUT2D eigenvalue weighted by molar-refractivity contribution is 4.81. The predicted octanol–water partition coefficient (Wildman–Crippen LogP) is 6.17. The molecule has 0 radical (unpaired) electrons. The van der Waals surface area contributed by atoms with Crippen LogP contribution in [0.4, 0.5) is 0 Å². The lowest BCUT2D eigenvalue weighted by molar-refractivity contribution is -0.0255. The van der Waals surface area contributed by atoms with Gasteiger partial charge in [-0.2, -0.15) is 0 Å². The Morgan fingerprint density at radius 1 is 0.304 bits per heavy atom. The second kappa shape index (κ2) is 44.3. The van der Waals surface area contributed by atoms with Crippen molar-refractivity contribution < 1.29 is 47.7 Å². The molecule has 0 saturated heterocycles. The lowest BCUT2D eigenvalue weighted by atomic mass is 10.1. The smallest absolute Gasteiger partial charge is 0.0701 e. The van der Waals surface area contributed by atoms with E-state index in [0.29, 0.717) is 112 Å². The lowest BCUT2D eigenvalue weighted by Gasteiger charge is -2.09. The Kier molecular flexibility index (Phi) is 43.7. The number of ether oxygens (including phenoxy) is 9. The molecule has 0 unspecified atom stereocenters. The third-order valence-corrected chi connectivity index (χ3v) is 7.01. The van der Waals surface area contributed by atoms with Crippen molar-refractivity contribution >= 4 is 0 Å². The third kappa shape index (κ3) is 43.3. The van der Waals surface area contributed by atoms with E-state index in [0.717, 1.165) is 13.0 Å². The van der Waals surface area contributed by atoms with E-state index in [2.05, 4.69) is 19.1 Å². The van der Waals surface area contributed by atoms with E-state index < -0.39 is 0 Å². The Hall–Kier alpha value is -0.660. The molecule has 0 aromatic rings. The van der Waals surface area contributed by atoms with E-state index in [-0.39, 0.29) is 6.61 Å². The number of aliphatic hydroxyl groups is 1. The molecule has 1 N–H and O–H groups in total. The van der Waals surface area contributed by atoms with Gasteiger partial charge in [0.05, 0.1) is 119 Å². The summed E-state index contributed by atoms with van der Waals surface area (Å²) in [4.78, 5) is 0. The molecule has 0 amide bonds. The summed E-state index contributed by atoms with van der Waals surface area (Å²) < 4.78 is 49.0. The maximum absolute atomic E-state index is 8.58. The molecule has 0 aliphatic carbocycles. The molecular weight excluding hydrogens is 592 g/mol. The van der Waals surface area contributed by atoms with Crippen LogP contribution >= 0.6 is 0 Å². The summed E-state index contributed by atoms with van der Waals surface area (Å²) in [7, 11) is 0. The Labute approximate surface area is 282 Å². The molecule has 0 aromatic heterocycles. The van der Waals surface area contributed by atoms with Gasteiger partial charge in [-0.3, -0.25) is 0 Å². The molecule has 10 heteroatoms. The second-order valence-electron chi connectivity index (χ2n) is 11.2. The molecule has 0 aliphatic rings. The van der Waals surface area contributed by atoms with Crippen molar-refractivity contribution in [2.75, 3.05) is 126 Å². The highest BCUT2D eigenvalue weighted by Crippen LogP contribution is 2.10. The average Bonchev–Trinajstić information content (AvgIpc) is 3.07. The topological polar surface area (TPSA) is 103 Å². The zero-order valence-corrected chi connectivity index (χ0v) is 29.6. The summed E-state index contributed by atoms with van der Waals surface area (Å²) >= 11 is 0. The zero-order chi connectivity index (χ0) is 33.1. The van der Waals surface area contributed by atoms with Crippen molar-refractivity contribution in [1.82, 2.24) is 0 Å². The summed E-state index contributed by atoms with van der Waals surface area (Å²) in [6, 6.07) is 0. The van der Waals surface area contributed by atoms with Gasteiger partial charge in [-0.05, 0) is 32.1 Å². The van der Waals surface area contributed by atoms with Gasteiger partial charge in [0.2, 0.25) is 0 Å². The van der Waals surface area contributed by atoms with Crippen molar-refractivity contribution in [2.24, 2.45) is 0 Å². The minimum atomic E-state index is 0.0318. The van der Waals surface area contributed by atoms with Gasteiger partial charge in [-0.1, -0.05) is 76.9 Å². The summed E-state index contributed by atoms with van der Waals surface area (Å²) in [5, 5.41) is 8.58. The SMILES string of the molecule is CCCCCCCC/C=C\CCCCCCCCOCCOCCOCCOCCOCCOCCOCCOCCOCCO. The van der Waals surface area contributed by atoms with E-state index in [9.17, 15) is 0 Å². The Morgan fingerprint density at radius 2 is 0.565 bits per heavy atom. The second-order valence-corrected chi connectivity index (χ2v) is 11.2. The van der Waals surface area contributed by atoms with Crippen molar-refractivity contribution in [2.45, 2.75) is 96.8 Å². The Morgan fingerprint density at radius 3 is 0.891 bits per heavy atom. The molecule has 0 atom stereocenters. The number of hydrogen-bond acceptors (Lipinski definition) is 10. The van der Waals surface area contributed by atoms with E-state index in [1.54, 1.807) is 0 Å². The Balaban J connectivity index is 3.06. The fraction of sp³-hybridized carbons (Fsp3) is 0.944. The minimum absolute atomic E-state index is 0.0318. The number of aliphatic hydroxyl groups excluding tert-OH is 1. The van der Waals surface area contributed by atoms with Gasteiger partial charge in [0.1, 0.15) is 0 Å². The molecular formula is C36H72O10. The van der Waals surface area contributed by atoms with Crippen LogP contribution in [0.2, 0.25) is 0 Å². The third-order valence-electron chi connectivity index (χ3n) is 7.01. The van der Waals surface area contributed by atoms with Gasteiger partial charge >= 0.3 is 0 Å². The van der Waals surface area contributed by atoms with Crippen LogP contribution in [0.1, 0.15) is 96.8 Å². The molecule has 276 valence electrons. The molecule has 0 fully saturated rings. The lowest BCUT2D eigenvalue weighted by Crippen LogP contribution is -2.15. The monoisotopic (exact) mass is 665 g/mol. The first-order valence-corrected chi connectivity index (χ1v) is 18.4. The summed E-state index contributed by atoms with van der Waals surface area (Å²) in [6.45, 7) is 12.1. The maximum Gasteiger partial charge on any atom is 0.0701 e. The summed E-state index contributed by atoms with van der Waals surface area (Å²) in [5.41, 5.74) is 0. The highest BCUT2D eigenvalue weighted by Gasteiger charge is 1.96. The molecule has 10 nitrogen and oxygen atoms in total. The van der Waals surface area contributed by atoms with Crippen LogP contribution in [0.25, 0.3) is 0 Å². The molecule has 0 heterocycles. The van der Waals surface area contributed by atoms with E-state index in [1.165, 1.54) is 83.5 Å². The molecule has 0 aliphatic heterocycles. The number of unbranched alkanes of at least 4 members (excludes halogenated alkanes) is 12. The first-order chi connectivity index (χ1) is 22.9. The standard InChI is InChI=1S/C36H72O10/c1-2-3-4-5-6-7-8-9-10-11-12-13-14-15-16-17-19-38-21-23-40-25-27-42-29-31-44-33-35-46-36-34-45-32-30-43-28-26-41-24-22-39-20-18-37/h9-10,37H,2-8,11-36H2,1H3/b10-9-. The van der Waals surface area contributed by atoms with Crippen LogP contribution in [0, 0.1) is 0 Å². The number of allylic oxidation sites excluding steroid dienone is 2. The molecule has 0 spiro atoms. The Bertz CT molecular complexity index is 553. The van der Waals surface area contributed by atoms with Crippen LogP contribution in [0.5, 0.6) is 0 Å². The average molecular weight is 665 g/mol. The molecule has 0 aromatic carbocycles. The van der Waals surface area contributed by atoms with Gasteiger partial charge in [0.25, 0.3) is 0 Å². The van der Waals surface area contributed by atoms with E-state index in [4.69, 9.17) is 47.7 Å². The maximum atomic E-state index is 8.58. The summed E-state index contributed by atoms with van der Waals surface area (Å²) in [5.74, 6) is 0. The molecule has 0 saturated carbocycles. The van der Waals surface area contributed by atoms with Crippen LogP contribution in [-0.4, -0.2) is 131 Å².